The molecule has 0 amide bonds. The predicted molar refractivity (Wildman–Crippen MR) is 90.7 cm³/mol. The number of benzene rings is 2. The molecule has 1 aromatic heterocycles. The lowest BCUT2D eigenvalue weighted by atomic mass is 10.2. The Morgan fingerprint density at radius 2 is 1.92 bits per heavy atom. The molecule has 0 bridgehead atoms. The minimum atomic E-state index is -0.717. The van der Waals surface area contributed by atoms with Gasteiger partial charge in [-0.15, -0.1) is 0 Å². The van der Waals surface area contributed by atoms with E-state index < -0.39 is 10.9 Å². The van der Waals surface area contributed by atoms with E-state index in [0.717, 1.165) is 5.56 Å². The second kappa shape index (κ2) is 7.72. The van der Waals surface area contributed by atoms with Crippen LogP contribution < -0.4 is 9.47 Å². The van der Waals surface area contributed by atoms with E-state index in [2.05, 4.69) is 9.97 Å². The van der Waals surface area contributed by atoms with Crippen LogP contribution in [0.4, 0.5) is 5.95 Å². The summed E-state index contributed by atoms with van der Waals surface area (Å²) in [5.74, 6) is 0.0131. The van der Waals surface area contributed by atoms with Crippen LogP contribution in [0.5, 0.6) is 17.4 Å². The molecule has 128 valence electrons. The second-order valence-electron chi connectivity index (χ2n) is 5.10. The molecule has 8 heteroatoms. The highest BCUT2D eigenvalue weighted by Crippen LogP contribution is 2.32. The molecule has 0 aliphatic rings. The van der Waals surface area contributed by atoms with Crippen LogP contribution in [0.1, 0.15) is 11.1 Å². The van der Waals surface area contributed by atoms with Crippen LogP contribution in [0, 0.1) is 21.4 Å². The molecule has 8 nitrogen and oxygen atoms in total. The summed E-state index contributed by atoms with van der Waals surface area (Å²) in [6.45, 7) is 0.299. The number of nitrogens with zero attached hydrogens (tertiary/aromatic N) is 4. The van der Waals surface area contributed by atoms with Crippen LogP contribution in [0.3, 0.4) is 0 Å². The Balaban J connectivity index is 1.86. The topological polar surface area (TPSA) is 111 Å². The van der Waals surface area contributed by atoms with Crippen molar-refractivity contribution in [2.45, 2.75) is 6.61 Å². The van der Waals surface area contributed by atoms with Crippen molar-refractivity contribution in [2.24, 2.45) is 0 Å². The summed E-state index contributed by atoms with van der Waals surface area (Å²) in [5, 5.41) is 19.9. The molecule has 0 N–H and O–H groups in total. The standard InChI is InChI=1S/C18H12N4O4/c19-11-14-6-7-15(25-12-13-4-2-1-3-5-13)16(10-14)26-17-8-9-20-18(21-17)22(23)24/h1-10H,12H2. The Labute approximate surface area is 148 Å². The molecule has 0 fully saturated rings. The van der Waals surface area contributed by atoms with Gasteiger partial charge in [-0.25, -0.2) is 0 Å². The Morgan fingerprint density at radius 3 is 2.65 bits per heavy atom. The van der Waals surface area contributed by atoms with Crippen molar-refractivity contribution in [3.63, 3.8) is 0 Å². The average molecular weight is 348 g/mol. The maximum atomic E-state index is 10.8. The molecule has 0 aliphatic heterocycles. The van der Waals surface area contributed by atoms with Gasteiger partial charge < -0.3 is 19.6 Å². The van der Waals surface area contributed by atoms with Crippen molar-refractivity contribution < 1.29 is 14.4 Å². The van der Waals surface area contributed by atoms with E-state index in [0.29, 0.717) is 17.9 Å². The normalized spacial score (nSPS) is 9.96. The van der Waals surface area contributed by atoms with Crippen LogP contribution >= 0.6 is 0 Å². The highest BCUT2D eigenvalue weighted by molar-refractivity contribution is 5.48. The Bertz CT molecular complexity index is 970. The number of ether oxygens (including phenoxy) is 2. The first kappa shape index (κ1) is 16.9. The predicted octanol–water partition coefficient (Wildman–Crippen LogP) is 3.63. The summed E-state index contributed by atoms with van der Waals surface area (Å²) in [7, 11) is 0. The highest BCUT2D eigenvalue weighted by Gasteiger charge is 2.15. The Hall–Kier alpha value is -3.99. The maximum absolute atomic E-state index is 10.8. The molecule has 2 aromatic carbocycles. The van der Waals surface area contributed by atoms with E-state index in [1.807, 2.05) is 36.4 Å². The fourth-order valence-corrected chi connectivity index (χ4v) is 2.10. The number of nitro groups is 1. The van der Waals surface area contributed by atoms with E-state index in [4.69, 9.17) is 14.7 Å². The fourth-order valence-electron chi connectivity index (χ4n) is 2.10. The molecule has 0 radical (unpaired) electrons. The SMILES string of the molecule is N#Cc1ccc(OCc2ccccc2)c(Oc2ccnc([N+](=O)[O-])n2)c1. The summed E-state index contributed by atoms with van der Waals surface area (Å²) in [5.41, 5.74) is 1.32. The summed E-state index contributed by atoms with van der Waals surface area (Å²) in [6.07, 6.45) is 1.22. The molecule has 26 heavy (non-hydrogen) atoms. The monoisotopic (exact) mass is 348 g/mol. The maximum Gasteiger partial charge on any atom is 0.472 e. The van der Waals surface area contributed by atoms with E-state index in [-0.39, 0.29) is 11.6 Å². The van der Waals surface area contributed by atoms with Crippen LogP contribution in [-0.4, -0.2) is 14.9 Å². The summed E-state index contributed by atoms with van der Waals surface area (Å²) in [4.78, 5) is 17.3. The smallest absolute Gasteiger partial charge is 0.472 e. The van der Waals surface area contributed by atoms with Gasteiger partial charge in [0, 0.05) is 6.07 Å². The Morgan fingerprint density at radius 1 is 1.12 bits per heavy atom. The van der Waals surface area contributed by atoms with Crippen molar-refractivity contribution >= 4 is 5.95 Å². The van der Waals surface area contributed by atoms with E-state index in [9.17, 15) is 10.1 Å². The fraction of sp³-hybridized carbons (Fsp3) is 0.0556. The molecular weight excluding hydrogens is 336 g/mol. The molecule has 0 saturated carbocycles. The van der Waals surface area contributed by atoms with Gasteiger partial charge in [0.25, 0.3) is 0 Å². The summed E-state index contributed by atoms with van der Waals surface area (Å²) >= 11 is 0. The van der Waals surface area contributed by atoms with Crippen molar-refractivity contribution in [2.75, 3.05) is 0 Å². The van der Waals surface area contributed by atoms with Crippen LogP contribution in [-0.2, 0) is 6.61 Å². The van der Waals surface area contributed by atoms with Crippen LogP contribution in [0.2, 0.25) is 0 Å². The zero-order valence-electron chi connectivity index (χ0n) is 13.4. The molecule has 0 saturated heterocycles. The van der Waals surface area contributed by atoms with Crippen molar-refractivity contribution in [3.8, 4) is 23.4 Å². The van der Waals surface area contributed by atoms with E-state index in [1.165, 1.54) is 18.3 Å². The third-order valence-electron chi connectivity index (χ3n) is 3.31. The molecule has 3 aromatic rings. The number of aromatic nitrogens is 2. The number of hydrogen-bond acceptors (Lipinski definition) is 7. The molecule has 0 spiro atoms. The molecule has 3 rings (SSSR count). The van der Waals surface area contributed by atoms with Gasteiger partial charge in [0.15, 0.2) is 11.5 Å². The molecule has 1 heterocycles. The van der Waals surface area contributed by atoms with Crippen molar-refractivity contribution in [1.29, 1.82) is 5.26 Å². The number of rotatable bonds is 6. The third-order valence-corrected chi connectivity index (χ3v) is 3.31. The van der Waals surface area contributed by atoms with Gasteiger partial charge in [0.1, 0.15) is 12.8 Å². The quantitative estimate of drug-likeness (QED) is 0.494. The van der Waals surface area contributed by atoms with Gasteiger partial charge in [-0.05, 0) is 27.6 Å². The lowest BCUT2D eigenvalue weighted by Gasteiger charge is -2.11. The van der Waals surface area contributed by atoms with Crippen LogP contribution in [0.15, 0.2) is 60.8 Å². The summed E-state index contributed by atoms with van der Waals surface area (Å²) < 4.78 is 11.4. The van der Waals surface area contributed by atoms with Gasteiger partial charge >= 0.3 is 11.8 Å². The number of hydrogen-bond donors (Lipinski definition) is 0. The van der Waals surface area contributed by atoms with Crippen molar-refractivity contribution in [1.82, 2.24) is 9.97 Å². The third kappa shape index (κ3) is 4.10. The average Bonchev–Trinajstić information content (AvgIpc) is 2.68. The first-order valence-electron chi connectivity index (χ1n) is 7.52. The second-order valence-corrected chi connectivity index (χ2v) is 5.10. The van der Waals surface area contributed by atoms with Gasteiger partial charge in [0.05, 0.1) is 17.7 Å². The van der Waals surface area contributed by atoms with Gasteiger partial charge in [-0.2, -0.15) is 5.26 Å². The molecule has 0 unspecified atom stereocenters. The minimum absolute atomic E-state index is 0.0219. The zero-order chi connectivity index (χ0) is 18.4. The minimum Gasteiger partial charge on any atom is -0.485 e. The van der Waals surface area contributed by atoms with Crippen molar-refractivity contribution in [3.05, 3.63) is 82.0 Å². The summed E-state index contributed by atoms with van der Waals surface area (Å²) in [6, 6.07) is 17.6. The number of nitriles is 1. The highest BCUT2D eigenvalue weighted by atomic mass is 16.6. The first-order valence-corrected chi connectivity index (χ1v) is 7.52. The largest absolute Gasteiger partial charge is 0.485 e. The first-order chi connectivity index (χ1) is 12.7. The molecular formula is C18H12N4O4. The molecule has 0 aliphatic carbocycles. The van der Waals surface area contributed by atoms with Gasteiger partial charge in [-0.1, -0.05) is 35.3 Å². The lowest BCUT2D eigenvalue weighted by Crippen LogP contribution is -2.00. The zero-order valence-corrected chi connectivity index (χ0v) is 13.4. The van der Waals surface area contributed by atoms with Gasteiger partial charge in [0.2, 0.25) is 0 Å². The van der Waals surface area contributed by atoms with Crippen LogP contribution in [0.25, 0.3) is 0 Å². The van der Waals surface area contributed by atoms with E-state index >= 15 is 0 Å². The Kier molecular flexibility index (Phi) is 5.00. The van der Waals surface area contributed by atoms with E-state index in [1.54, 1.807) is 12.1 Å². The molecule has 0 atom stereocenters. The lowest BCUT2D eigenvalue weighted by molar-refractivity contribution is -0.394. The van der Waals surface area contributed by atoms with Gasteiger partial charge in [-0.3, -0.25) is 0 Å².